The molecule has 0 unspecified atom stereocenters. The van der Waals surface area contributed by atoms with Crippen LogP contribution < -0.4 is 0 Å². The van der Waals surface area contributed by atoms with E-state index in [1.54, 1.807) is 24.3 Å². The van der Waals surface area contributed by atoms with Crippen LogP contribution in [-0.2, 0) is 6.42 Å². The second kappa shape index (κ2) is 6.83. The molecule has 4 aromatic rings. The number of aromatic carboxylic acids is 2. The lowest BCUT2D eigenvalue weighted by Gasteiger charge is -2.10. The van der Waals surface area contributed by atoms with Gasteiger partial charge in [-0.05, 0) is 75.5 Å². The molecule has 0 saturated heterocycles. The van der Waals surface area contributed by atoms with E-state index in [1.165, 1.54) is 24.3 Å². The van der Waals surface area contributed by atoms with E-state index in [-0.39, 0.29) is 22.6 Å². The van der Waals surface area contributed by atoms with Gasteiger partial charge in [0.1, 0.15) is 11.5 Å². The molecule has 144 valence electrons. The van der Waals surface area contributed by atoms with E-state index in [0.29, 0.717) is 28.0 Å². The number of aromatic hydroxyl groups is 2. The first-order valence-electron chi connectivity index (χ1n) is 8.80. The molecule has 6 heteroatoms. The number of rotatable bonds is 4. The van der Waals surface area contributed by atoms with Gasteiger partial charge in [-0.2, -0.15) is 0 Å². The molecule has 0 aromatic heterocycles. The highest BCUT2D eigenvalue weighted by Gasteiger charge is 2.13. The fraction of sp³-hybridized carbons (Fsp3) is 0.0435. The summed E-state index contributed by atoms with van der Waals surface area (Å²) >= 11 is 0. The van der Waals surface area contributed by atoms with Gasteiger partial charge in [-0.15, -0.1) is 0 Å². The van der Waals surface area contributed by atoms with Gasteiger partial charge in [-0.25, -0.2) is 9.59 Å². The van der Waals surface area contributed by atoms with Crippen LogP contribution in [0.15, 0.2) is 60.7 Å². The van der Waals surface area contributed by atoms with Crippen molar-refractivity contribution in [1.82, 2.24) is 0 Å². The van der Waals surface area contributed by atoms with Crippen molar-refractivity contribution in [3.05, 3.63) is 82.9 Å². The molecular formula is C23H16O6. The van der Waals surface area contributed by atoms with Crippen LogP contribution in [0.2, 0.25) is 0 Å². The standard InChI is InChI=1S/C23H16O6/c24-16-8-14-3-1-12(6-18(14)20(10-16)22(26)27)5-13-2-4-15-9-17(25)11-21(23(28)29)19(15)7-13/h1-4,6-11,24-25H,5H2,(H,26,27)(H,28,29). The summed E-state index contributed by atoms with van der Waals surface area (Å²) in [6.07, 6.45) is 0.464. The Labute approximate surface area is 164 Å². The number of carboxylic acid groups (broad SMARTS) is 2. The summed E-state index contributed by atoms with van der Waals surface area (Å²) in [5.41, 5.74) is 1.73. The van der Waals surface area contributed by atoms with E-state index in [1.807, 2.05) is 12.1 Å². The Kier molecular flexibility index (Phi) is 4.31. The Hall–Kier alpha value is -4.06. The molecule has 0 spiro atoms. The van der Waals surface area contributed by atoms with E-state index in [0.717, 1.165) is 11.1 Å². The Balaban J connectivity index is 1.79. The topological polar surface area (TPSA) is 115 Å². The third-order valence-corrected chi connectivity index (χ3v) is 4.88. The average molecular weight is 388 g/mol. The maximum atomic E-state index is 11.5. The Morgan fingerprint density at radius 1 is 0.621 bits per heavy atom. The quantitative estimate of drug-likeness (QED) is 0.412. The first kappa shape index (κ1) is 18.3. The Bertz CT molecular complexity index is 1200. The molecule has 0 amide bonds. The maximum absolute atomic E-state index is 11.5. The number of hydrogen-bond donors (Lipinski definition) is 4. The maximum Gasteiger partial charge on any atom is 0.336 e. The van der Waals surface area contributed by atoms with Crippen LogP contribution in [0.1, 0.15) is 31.8 Å². The predicted molar refractivity (Wildman–Crippen MR) is 108 cm³/mol. The Morgan fingerprint density at radius 2 is 1.03 bits per heavy atom. The predicted octanol–water partition coefficient (Wildman–Crippen LogP) is 4.39. The lowest BCUT2D eigenvalue weighted by Crippen LogP contribution is -1.99. The van der Waals surface area contributed by atoms with Crippen molar-refractivity contribution in [3.8, 4) is 11.5 Å². The highest BCUT2D eigenvalue weighted by atomic mass is 16.4. The van der Waals surface area contributed by atoms with Gasteiger partial charge in [0.05, 0.1) is 11.1 Å². The van der Waals surface area contributed by atoms with Crippen LogP contribution in [0, 0.1) is 0 Å². The van der Waals surface area contributed by atoms with E-state index in [4.69, 9.17) is 0 Å². The smallest absolute Gasteiger partial charge is 0.336 e. The van der Waals surface area contributed by atoms with Crippen molar-refractivity contribution in [1.29, 1.82) is 0 Å². The SMILES string of the molecule is O=C(O)c1cc(O)cc2ccc(Cc3ccc4cc(O)cc(C(=O)O)c4c3)cc12. The van der Waals surface area contributed by atoms with E-state index in [2.05, 4.69) is 0 Å². The number of carbonyl (C=O) groups is 2. The first-order valence-corrected chi connectivity index (χ1v) is 8.80. The number of benzene rings is 4. The van der Waals surface area contributed by atoms with Crippen LogP contribution in [0.3, 0.4) is 0 Å². The minimum atomic E-state index is -1.13. The molecule has 0 aliphatic heterocycles. The zero-order chi connectivity index (χ0) is 20.7. The molecule has 0 atom stereocenters. The summed E-state index contributed by atoms with van der Waals surface area (Å²) in [5, 5.41) is 40.6. The zero-order valence-electron chi connectivity index (χ0n) is 15.1. The highest BCUT2D eigenvalue weighted by Crippen LogP contribution is 2.29. The second-order valence-electron chi connectivity index (χ2n) is 6.88. The lowest BCUT2D eigenvalue weighted by molar-refractivity contribution is 0.0688. The number of fused-ring (bicyclic) bond motifs is 2. The van der Waals surface area contributed by atoms with Gasteiger partial charge in [0, 0.05) is 0 Å². The van der Waals surface area contributed by atoms with Gasteiger partial charge in [-0.1, -0.05) is 24.3 Å². The third kappa shape index (κ3) is 3.43. The van der Waals surface area contributed by atoms with Crippen LogP contribution in [-0.4, -0.2) is 32.4 Å². The molecule has 6 nitrogen and oxygen atoms in total. The lowest BCUT2D eigenvalue weighted by atomic mass is 9.95. The van der Waals surface area contributed by atoms with Gasteiger partial charge in [0.15, 0.2) is 0 Å². The molecule has 0 radical (unpaired) electrons. The Morgan fingerprint density at radius 3 is 1.41 bits per heavy atom. The summed E-state index contributed by atoms with van der Waals surface area (Å²) in [7, 11) is 0. The highest BCUT2D eigenvalue weighted by molar-refractivity contribution is 6.05. The van der Waals surface area contributed by atoms with Gasteiger partial charge in [-0.3, -0.25) is 0 Å². The van der Waals surface area contributed by atoms with Crippen LogP contribution in [0.5, 0.6) is 11.5 Å². The second-order valence-corrected chi connectivity index (χ2v) is 6.88. The van der Waals surface area contributed by atoms with Crippen LogP contribution in [0.25, 0.3) is 21.5 Å². The summed E-state index contributed by atoms with van der Waals surface area (Å²) < 4.78 is 0. The van der Waals surface area contributed by atoms with E-state index in [9.17, 15) is 30.0 Å². The number of phenolic OH excluding ortho intramolecular Hbond substituents is 2. The molecule has 0 bridgehead atoms. The monoisotopic (exact) mass is 388 g/mol. The number of phenols is 2. The first-order chi connectivity index (χ1) is 13.8. The molecule has 4 rings (SSSR count). The van der Waals surface area contributed by atoms with Crippen LogP contribution in [0.4, 0.5) is 0 Å². The summed E-state index contributed by atoms with van der Waals surface area (Å²) in [4.78, 5) is 23.0. The van der Waals surface area contributed by atoms with E-state index >= 15 is 0 Å². The van der Waals surface area contributed by atoms with Crippen molar-refractivity contribution in [3.63, 3.8) is 0 Å². The molecule has 0 aliphatic rings. The molecule has 4 N–H and O–H groups in total. The number of carboxylic acids is 2. The fourth-order valence-electron chi connectivity index (χ4n) is 3.59. The molecule has 0 heterocycles. The number of hydrogen-bond acceptors (Lipinski definition) is 4. The van der Waals surface area contributed by atoms with Gasteiger partial charge < -0.3 is 20.4 Å². The summed E-state index contributed by atoms with van der Waals surface area (Å²) in [6, 6.07) is 16.2. The average Bonchev–Trinajstić information content (AvgIpc) is 2.67. The van der Waals surface area contributed by atoms with Crippen molar-refractivity contribution in [2.45, 2.75) is 6.42 Å². The largest absolute Gasteiger partial charge is 0.508 e. The minimum Gasteiger partial charge on any atom is -0.508 e. The van der Waals surface area contributed by atoms with Crippen molar-refractivity contribution in [2.24, 2.45) is 0 Å². The normalized spacial score (nSPS) is 11.0. The molecule has 0 saturated carbocycles. The minimum absolute atomic E-state index is 0.0176. The van der Waals surface area contributed by atoms with E-state index < -0.39 is 11.9 Å². The summed E-state index contributed by atoms with van der Waals surface area (Å²) in [6.45, 7) is 0. The summed E-state index contributed by atoms with van der Waals surface area (Å²) in [5.74, 6) is -2.47. The molecule has 29 heavy (non-hydrogen) atoms. The van der Waals surface area contributed by atoms with Gasteiger partial charge >= 0.3 is 11.9 Å². The van der Waals surface area contributed by atoms with Gasteiger partial charge in [0.25, 0.3) is 0 Å². The van der Waals surface area contributed by atoms with Crippen molar-refractivity contribution >= 4 is 33.5 Å². The van der Waals surface area contributed by atoms with Crippen molar-refractivity contribution in [2.75, 3.05) is 0 Å². The third-order valence-electron chi connectivity index (χ3n) is 4.88. The van der Waals surface area contributed by atoms with Gasteiger partial charge in [0.2, 0.25) is 0 Å². The van der Waals surface area contributed by atoms with Crippen molar-refractivity contribution < 1.29 is 30.0 Å². The zero-order valence-corrected chi connectivity index (χ0v) is 15.1. The molecule has 0 fully saturated rings. The van der Waals surface area contributed by atoms with Crippen LogP contribution >= 0.6 is 0 Å². The molecule has 0 aliphatic carbocycles. The molecule has 4 aromatic carbocycles. The molecular weight excluding hydrogens is 372 g/mol. The fourth-order valence-corrected chi connectivity index (χ4v) is 3.59.